The van der Waals surface area contributed by atoms with E-state index in [1.54, 1.807) is 27.7 Å². The lowest BCUT2D eigenvalue weighted by Gasteiger charge is -2.38. The van der Waals surface area contributed by atoms with Crippen molar-refractivity contribution in [2.45, 2.75) is 55.4 Å². The van der Waals surface area contributed by atoms with Crippen molar-refractivity contribution >= 4 is 11.9 Å². The molecule has 5 nitrogen and oxygen atoms in total. The normalized spacial score (nSPS) is 24.9. The Morgan fingerprint density at radius 3 is 1.24 bits per heavy atom. The van der Waals surface area contributed by atoms with Crippen molar-refractivity contribution in [1.82, 2.24) is 0 Å². The number of esters is 2. The van der Waals surface area contributed by atoms with Crippen molar-refractivity contribution in [2.24, 2.45) is 21.7 Å². The van der Waals surface area contributed by atoms with Gasteiger partial charge in [-0.2, -0.15) is 0 Å². The first-order valence-corrected chi connectivity index (χ1v) is 6.76. The highest BCUT2D eigenvalue weighted by atomic mass is 16.6. The van der Waals surface area contributed by atoms with Crippen molar-refractivity contribution in [1.29, 1.82) is 0 Å². The van der Waals surface area contributed by atoms with Gasteiger partial charge in [-0.1, -0.05) is 27.7 Å². The zero-order valence-corrected chi connectivity index (χ0v) is 14.1. The monoisotopic (exact) mass is 306 g/mol. The number of ether oxygens (including phenoxy) is 1. The first kappa shape index (κ1) is 13.7. The second kappa shape index (κ2) is 6.05. The third-order valence-corrected chi connectivity index (χ3v) is 4.89. The summed E-state index contributed by atoms with van der Waals surface area (Å²) in [7, 11) is 0. The van der Waals surface area contributed by atoms with Crippen molar-refractivity contribution in [2.75, 3.05) is 13.1 Å². The molecule has 21 heavy (non-hydrogen) atoms. The highest BCUT2D eigenvalue weighted by Crippen LogP contribution is 2.45. The molecule has 0 amide bonds. The molecule has 124 valence electrons. The molecule has 0 aromatic heterocycles. The molecule has 0 unspecified atom stereocenters. The van der Waals surface area contributed by atoms with E-state index in [-0.39, 0.29) is 0 Å². The summed E-state index contributed by atoms with van der Waals surface area (Å²) in [4.78, 5) is 22.2. The molecule has 0 atom stereocenters. The molecule has 0 aliphatic carbocycles. The van der Waals surface area contributed by atoms with Crippen LogP contribution in [0.2, 0.25) is 0 Å². The Hall–Kier alpha value is -0.940. The largest absolute Gasteiger partial charge is 0.396 e. The number of hydrogen-bond acceptors (Lipinski definition) is 5. The first-order chi connectivity index (χ1) is 10.5. The van der Waals surface area contributed by atoms with Gasteiger partial charge in [0.1, 0.15) is 0 Å². The van der Waals surface area contributed by atoms with Crippen LogP contribution in [0.5, 0.6) is 0 Å². The van der Waals surface area contributed by atoms with Gasteiger partial charge in [-0.25, -0.2) is 0 Å². The van der Waals surface area contributed by atoms with Crippen LogP contribution in [-0.4, -0.2) is 35.3 Å². The van der Waals surface area contributed by atoms with Gasteiger partial charge in [0.25, 0.3) is 0 Å². The third kappa shape index (κ3) is 3.64. The average Bonchev–Trinajstić information content (AvgIpc) is 2.47. The number of cyclic esters (lactones) is 2. The van der Waals surface area contributed by atoms with Crippen LogP contribution in [0.25, 0.3) is 0 Å². The highest BCUT2D eigenvalue weighted by Gasteiger charge is 2.57. The maximum atomic E-state index is 11.1. The van der Waals surface area contributed by atoms with Gasteiger partial charge in [0.2, 0.25) is 0 Å². The van der Waals surface area contributed by atoms with Gasteiger partial charge in [-0.3, -0.25) is 9.59 Å². The Bertz CT molecular complexity index is 492. The van der Waals surface area contributed by atoms with E-state index >= 15 is 0 Å². The van der Waals surface area contributed by atoms with Gasteiger partial charge in [0.05, 0.1) is 16.3 Å². The highest BCUT2D eigenvalue weighted by molar-refractivity contribution is 6.00. The van der Waals surface area contributed by atoms with Crippen LogP contribution in [0.15, 0.2) is 0 Å². The molecule has 0 aromatic carbocycles. The molecule has 2 N–H and O–H groups in total. The van der Waals surface area contributed by atoms with Crippen LogP contribution >= 0.6 is 0 Å². The smallest absolute Gasteiger partial charge is 0.320 e. The number of hydrogen-bond donors (Lipinski definition) is 2. The fourth-order valence-electron chi connectivity index (χ4n) is 1.13. The van der Waals surface area contributed by atoms with Gasteiger partial charge in [0.15, 0.2) is 0 Å². The molecule has 1 heterocycles. The van der Waals surface area contributed by atoms with E-state index in [0.717, 1.165) is 0 Å². The Kier molecular flexibility index (Phi) is 3.95. The molecule has 0 bridgehead atoms. The number of aliphatic hydroxyl groups is 2. The van der Waals surface area contributed by atoms with Gasteiger partial charge in [0, 0.05) is 13.1 Å². The summed E-state index contributed by atoms with van der Waals surface area (Å²) in [6.45, 7) is 7.27. The van der Waals surface area contributed by atoms with Gasteiger partial charge in [-0.15, -0.1) is 0 Å². The maximum absolute atomic E-state index is 11.1. The first-order valence-electron chi connectivity index (χ1n) is 8.76. The van der Waals surface area contributed by atoms with Gasteiger partial charge >= 0.3 is 11.9 Å². The predicted molar refractivity (Wildman–Crippen MR) is 80.4 cm³/mol. The Balaban J connectivity index is 0.000000472. The maximum Gasteiger partial charge on any atom is 0.320 e. The lowest BCUT2D eigenvalue weighted by atomic mass is 9.69. The van der Waals surface area contributed by atoms with Crippen LogP contribution in [0.4, 0.5) is 0 Å². The molecule has 1 fully saturated rings. The van der Waals surface area contributed by atoms with E-state index < -0.39 is 46.7 Å². The van der Waals surface area contributed by atoms with E-state index in [0.29, 0.717) is 0 Å². The van der Waals surface area contributed by atoms with Crippen LogP contribution < -0.4 is 0 Å². The second-order valence-corrected chi connectivity index (χ2v) is 7.40. The van der Waals surface area contributed by atoms with Gasteiger partial charge < -0.3 is 14.9 Å². The molecule has 0 saturated carbocycles. The molecular formula is C16H30O5. The molecule has 0 aromatic rings. The van der Waals surface area contributed by atoms with Crippen LogP contribution in [0, 0.1) is 21.7 Å². The Morgan fingerprint density at radius 1 is 0.905 bits per heavy atom. The predicted octanol–water partition coefficient (Wildman–Crippen LogP) is 2.15. The SMILES string of the molecule is CC1(C)C(=O)OC(=O)C1(C)C.[2H]C([2H])(O)C(C)(C)C(C)(C)C([2H])([2H])O. The van der Waals surface area contributed by atoms with E-state index in [2.05, 4.69) is 4.74 Å². The molecule has 0 radical (unpaired) electrons. The minimum absolute atomic E-state index is 0.424. The zero-order chi connectivity index (χ0) is 20.9. The van der Waals surface area contributed by atoms with E-state index in [1.807, 2.05) is 0 Å². The van der Waals surface area contributed by atoms with Gasteiger partial charge in [-0.05, 0) is 38.5 Å². The summed E-state index contributed by atoms with van der Waals surface area (Å²) in [5.74, 6) is -0.847. The summed E-state index contributed by atoms with van der Waals surface area (Å²) < 4.78 is 33.4. The van der Waals surface area contributed by atoms with Crippen molar-refractivity contribution in [3.63, 3.8) is 0 Å². The summed E-state index contributed by atoms with van der Waals surface area (Å²) in [6, 6.07) is 0. The fraction of sp³-hybridized carbons (Fsp3) is 0.875. The lowest BCUT2D eigenvalue weighted by molar-refractivity contribution is -0.155. The van der Waals surface area contributed by atoms with Crippen molar-refractivity contribution in [3.8, 4) is 0 Å². The van der Waals surface area contributed by atoms with Crippen LogP contribution in [-0.2, 0) is 14.3 Å². The molecule has 1 aliphatic rings. The minimum Gasteiger partial charge on any atom is -0.396 e. The lowest BCUT2D eigenvalue weighted by Crippen LogP contribution is -2.38. The molecular weight excluding hydrogens is 272 g/mol. The van der Waals surface area contributed by atoms with Crippen LogP contribution in [0.1, 0.15) is 60.9 Å². The van der Waals surface area contributed by atoms with Crippen LogP contribution in [0.3, 0.4) is 0 Å². The second-order valence-electron chi connectivity index (χ2n) is 7.40. The topological polar surface area (TPSA) is 83.8 Å². The minimum atomic E-state index is -2.56. The summed E-state index contributed by atoms with van der Waals surface area (Å²) >= 11 is 0. The summed E-state index contributed by atoms with van der Waals surface area (Å²) in [5, 5.41) is 18.6. The molecule has 1 saturated heterocycles. The van der Waals surface area contributed by atoms with E-state index in [4.69, 9.17) is 5.48 Å². The fourth-order valence-corrected chi connectivity index (χ4v) is 1.13. The Morgan fingerprint density at radius 2 is 1.14 bits per heavy atom. The number of rotatable bonds is 3. The summed E-state index contributed by atoms with van der Waals surface area (Å²) in [6.07, 6.45) is 0. The summed E-state index contributed by atoms with van der Waals surface area (Å²) in [5.41, 5.74) is -4.22. The van der Waals surface area contributed by atoms with Crippen molar-refractivity contribution in [3.05, 3.63) is 0 Å². The van der Waals surface area contributed by atoms with Crippen molar-refractivity contribution < 1.29 is 30.0 Å². The quantitative estimate of drug-likeness (QED) is 0.616. The molecule has 0 spiro atoms. The molecule has 5 heteroatoms. The Labute approximate surface area is 133 Å². The molecule has 1 rings (SSSR count). The average molecular weight is 306 g/mol. The third-order valence-electron chi connectivity index (χ3n) is 4.89. The van der Waals surface area contributed by atoms with E-state index in [1.165, 1.54) is 27.7 Å². The molecule has 1 aliphatic heterocycles. The number of carbonyl (C=O) groups excluding carboxylic acids is 2. The van der Waals surface area contributed by atoms with E-state index in [9.17, 15) is 19.8 Å². The number of carbonyl (C=O) groups is 2. The standard InChI is InChI=1S/C8H12O3.C8H18O2/c1-7(2)5(9)11-6(10)8(7,3)4;1-7(2,5-9)8(3,4)6-10/h1-4H3;9-10H,5-6H2,1-4H3/i;5D2,6D2. The zero-order valence-electron chi connectivity index (χ0n) is 18.1.